The fourth-order valence-corrected chi connectivity index (χ4v) is 1.19. The number of allylic oxidation sites excluding steroid dienone is 1. The zero-order chi connectivity index (χ0) is 17.7. The maximum atomic E-state index is 12.2. The zero-order valence-electron chi connectivity index (χ0n) is 13.9. The molecule has 0 radical (unpaired) electrons. The van der Waals surface area contributed by atoms with Crippen molar-refractivity contribution in [2.45, 2.75) is 52.7 Å². The Morgan fingerprint density at radius 1 is 1.09 bits per heavy atom. The van der Waals surface area contributed by atoms with E-state index in [-0.39, 0.29) is 11.5 Å². The van der Waals surface area contributed by atoms with Crippen LogP contribution in [0.2, 0.25) is 0 Å². The van der Waals surface area contributed by atoms with Crippen LogP contribution in [0.25, 0.3) is 0 Å². The smallest absolute Gasteiger partial charge is 0.425 e. The van der Waals surface area contributed by atoms with Crippen LogP contribution in [-0.4, -0.2) is 35.0 Å². The molecule has 0 aromatic rings. The molecular formula is C15H23N3O4. The first-order chi connectivity index (χ1) is 9.82. The summed E-state index contributed by atoms with van der Waals surface area (Å²) in [5.41, 5.74) is 3.91. The Kier molecular flexibility index (Phi) is 6.19. The molecule has 22 heavy (non-hydrogen) atoms. The van der Waals surface area contributed by atoms with E-state index in [9.17, 15) is 9.59 Å². The number of amides is 2. The summed E-state index contributed by atoms with van der Waals surface area (Å²) in [5, 5.41) is 0. The van der Waals surface area contributed by atoms with Gasteiger partial charge in [-0.3, -0.25) is 4.99 Å². The van der Waals surface area contributed by atoms with Gasteiger partial charge in [-0.05, 0) is 54.2 Å². The van der Waals surface area contributed by atoms with Crippen LogP contribution in [0, 0.1) is 12.3 Å². The molecule has 0 heterocycles. The van der Waals surface area contributed by atoms with Crippen molar-refractivity contribution < 1.29 is 19.1 Å². The van der Waals surface area contributed by atoms with Gasteiger partial charge in [0.2, 0.25) is 0 Å². The number of nitrogens with two attached hydrogens (primary N) is 1. The normalized spacial score (nSPS) is 12.6. The molecule has 0 aromatic carbocycles. The second-order valence-electron chi connectivity index (χ2n) is 6.33. The number of terminal acetylenes is 1. The lowest BCUT2D eigenvalue weighted by Crippen LogP contribution is -2.45. The second-order valence-corrected chi connectivity index (χ2v) is 6.33. The molecule has 7 nitrogen and oxygen atoms in total. The average Bonchev–Trinajstić information content (AvgIpc) is 2.25. The molecule has 0 aliphatic rings. The molecule has 0 bridgehead atoms. The molecule has 0 fully saturated rings. The summed E-state index contributed by atoms with van der Waals surface area (Å²) in [6.07, 6.45) is 3.19. The fourth-order valence-electron chi connectivity index (χ4n) is 1.19. The van der Waals surface area contributed by atoms with Crippen LogP contribution in [0.4, 0.5) is 9.59 Å². The van der Waals surface area contributed by atoms with Gasteiger partial charge in [-0.15, -0.1) is 6.42 Å². The van der Waals surface area contributed by atoms with E-state index in [0.717, 1.165) is 0 Å². The highest BCUT2D eigenvalue weighted by molar-refractivity contribution is 5.90. The standard InChI is InChI=1S/C15H23N3O4/c1-9-10(17-8)11(16)18(12(19)21-14(2,3)4)13(20)22-15(5,6)7/h1H,8,16H2,2-7H3/b11-10+. The molecule has 0 aliphatic carbocycles. The monoisotopic (exact) mass is 309 g/mol. The number of hydrogen-bond donors (Lipinski definition) is 1. The van der Waals surface area contributed by atoms with Gasteiger partial charge in [-0.25, -0.2) is 9.59 Å². The van der Waals surface area contributed by atoms with Crippen molar-refractivity contribution >= 4 is 18.9 Å². The third kappa shape index (κ3) is 6.31. The summed E-state index contributed by atoms with van der Waals surface area (Å²) in [7, 11) is 0. The number of aliphatic imine (C=N–C) groups is 1. The number of carbonyl (C=O) groups is 2. The van der Waals surface area contributed by atoms with Crippen LogP contribution in [0.15, 0.2) is 16.5 Å². The molecule has 2 amide bonds. The SMILES string of the molecule is C#C/C(N=C)=C(/N)N(C(=O)OC(C)(C)C)C(=O)OC(C)(C)C. The van der Waals surface area contributed by atoms with Crippen LogP contribution in [0.1, 0.15) is 41.5 Å². The van der Waals surface area contributed by atoms with Gasteiger partial charge in [0.1, 0.15) is 11.2 Å². The second kappa shape index (κ2) is 6.98. The minimum Gasteiger partial charge on any atom is -0.443 e. The van der Waals surface area contributed by atoms with Crippen molar-refractivity contribution in [2.75, 3.05) is 0 Å². The Hall–Kier alpha value is -2.49. The molecular weight excluding hydrogens is 286 g/mol. The van der Waals surface area contributed by atoms with Gasteiger partial charge in [-0.2, -0.15) is 4.90 Å². The lowest BCUT2D eigenvalue weighted by atomic mass is 10.2. The van der Waals surface area contributed by atoms with Crippen molar-refractivity contribution in [2.24, 2.45) is 10.7 Å². The number of rotatable bonds is 2. The van der Waals surface area contributed by atoms with Gasteiger partial charge < -0.3 is 15.2 Å². The Bertz CT molecular complexity index is 502. The number of imide groups is 1. The van der Waals surface area contributed by atoms with Gasteiger partial charge in [0.15, 0.2) is 11.5 Å². The Morgan fingerprint density at radius 3 is 1.68 bits per heavy atom. The molecule has 0 aromatic heterocycles. The van der Waals surface area contributed by atoms with Gasteiger partial charge in [0.25, 0.3) is 0 Å². The molecule has 0 saturated carbocycles. The molecule has 7 heteroatoms. The highest BCUT2D eigenvalue weighted by atomic mass is 16.6. The highest BCUT2D eigenvalue weighted by Crippen LogP contribution is 2.18. The summed E-state index contributed by atoms with van der Waals surface area (Å²) in [5.74, 6) is 1.75. The largest absolute Gasteiger partial charge is 0.443 e. The molecule has 0 unspecified atom stereocenters. The first-order valence-corrected chi connectivity index (χ1v) is 6.51. The molecule has 0 saturated heterocycles. The van der Waals surface area contributed by atoms with E-state index in [0.29, 0.717) is 4.90 Å². The topological polar surface area (TPSA) is 94.2 Å². The summed E-state index contributed by atoms with van der Waals surface area (Å²) in [4.78, 5) is 28.4. The van der Waals surface area contributed by atoms with E-state index < -0.39 is 23.4 Å². The Morgan fingerprint density at radius 2 is 1.45 bits per heavy atom. The lowest BCUT2D eigenvalue weighted by molar-refractivity contribution is 0.00789. The number of hydrogen-bond acceptors (Lipinski definition) is 6. The Balaban J connectivity index is 5.76. The number of ether oxygens (including phenoxy) is 2. The summed E-state index contributed by atoms with van der Waals surface area (Å²) in [6.45, 7) is 13.1. The molecule has 0 spiro atoms. The summed E-state index contributed by atoms with van der Waals surface area (Å²) < 4.78 is 10.3. The molecule has 2 N–H and O–H groups in total. The van der Waals surface area contributed by atoms with Crippen molar-refractivity contribution in [3.05, 3.63) is 11.5 Å². The van der Waals surface area contributed by atoms with Crippen molar-refractivity contribution in [3.63, 3.8) is 0 Å². The van der Waals surface area contributed by atoms with Gasteiger partial charge in [0.05, 0.1) is 0 Å². The van der Waals surface area contributed by atoms with E-state index >= 15 is 0 Å². The van der Waals surface area contributed by atoms with E-state index in [1.54, 1.807) is 41.5 Å². The minimum atomic E-state index is -1.02. The fraction of sp³-hybridized carbons (Fsp3) is 0.533. The summed E-state index contributed by atoms with van der Waals surface area (Å²) in [6, 6.07) is 0. The van der Waals surface area contributed by atoms with E-state index in [1.807, 2.05) is 0 Å². The maximum Gasteiger partial charge on any atom is 0.425 e. The number of carbonyl (C=O) groups excluding carboxylic acids is 2. The molecule has 0 atom stereocenters. The molecule has 0 aliphatic heterocycles. The predicted molar refractivity (Wildman–Crippen MR) is 83.9 cm³/mol. The maximum absolute atomic E-state index is 12.2. The van der Waals surface area contributed by atoms with Gasteiger partial charge in [0, 0.05) is 0 Å². The number of nitrogens with zero attached hydrogens (tertiary/aromatic N) is 2. The van der Waals surface area contributed by atoms with Gasteiger partial charge in [-0.1, -0.05) is 0 Å². The van der Waals surface area contributed by atoms with E-state index in [2.05, 4.69) is 17.6 Å². The lowest BCUT2D eigenvalue weighted by Gasteiger charge is -2.28. The quantitative estimate of drug-likeness (QED) is 0.625. The van der Waals surface area contributed by atoms with Gasteiger partial charge >= 0.3 is 12.2 Å². The zero-order valence-corrected chi connectivity index (χ0v) is 13.9. The van der Waals surface area contributed by atoms with Crippen LogP contribution < -0.4 is 5.73 Å². The van der Waals surface area contributed by atoms with Crippen molar-refractivity contribution in [1.29, 1.82) is 0 Å². The average molecular weight is 309 g/mol. The third-order valence-electron chi connectivity index (χ3n) is 1.93. The van der Waals surface area contributed by atoms with Crippen molar-refractivity contribution in [1.82, 2.24) is 4.90 Å². The first kappa shape index (κ1) is 19.5. The van der Waals surface area contributed by atoms with E-state index in [4.69, 9.17) is 21.6 Å². The molecule has 0 rings (SSSR count). The third-order valence-corrected chi connectivity index (χ3v) is 1.93. The van der Waals surface area contributed by atoms with Crippen LogP contribution in [0.5, 0.6) is 0 Å². The molecule has 122 valence electrons. The van der Waals surface area contributed by atoms with E-state index in [1.165, 1.54) is 0 Å². The van der Waals surface area contributed by atoms with Crippen LogP contribution in [-0.2, 0) is 9.47 Å². The van der Waals surface area contributed by atoms with Crippen LogP contribution in [0.3, 0.4) is 0 Å². The first-order valence-electron chi connectivity index (χ1n) is 6.51. The minimum absolute atomic E-state index is 0.170. The summed E-state index contributed by atoms with van der Waals surface area (Å²) >= 11 is 0. The van der Waals surface area contributed by atoms with Crippen molar-refractivity contribution in [3.8, 4) is 12.3 Å². The predicted octanol–water partition coefficient (Wildman–Crippen LogP) is 2.62. The Labute approximate surface area is 131 Å². The van der Waals surface area contributed by atoms with Crippen LogP contribution >= 0.6 is 0 Å². The highest BCUT2D eigenvalue weighted by Gasteiger charge is 2.34.